The van der Waals surface area contributed by atoms with Crippen LogP contribution in [0.1, 0.15) is 28.3 Å². The first-order valence-corrected chi connectivity index (χ1v) is 9.87. The highest BCUT2D eigenvalue weighted by atomic mass is 16.5. The summed E-state index contributed by atoms with van der Waals surface area (Å²) in [5, 5.41) is 12.3. The topological polar surface area (TPSA) is 79.2 Å². The molecule has 152 valence electrons. The average molecular weight is 408 g/mol. The van der Waals surface area contributed by atoms with Crippen molar-refractivity contribution in [2.45, 2.75) is 6.04 Å². The smallest absolute Gasteiger partial charge is 0.315 e. The molecule has 1 N–H and O–H groups in total. The van der Waals surface area contributed by atoms with Crippen LogP contribution in [0.4, 0.5) is 0 Å². The molecular formula is C26H20N2O3. The molecule has 0 saturated heterocycles. The van der Waals surface area contributed by atoms with Gasteiger partial charge in [-0.15, -0.1) is 0 Å². The number of benzene rings is 3. The normalized spacial score (nSPS) is 18.1. The molecule has 4 rings (SSSR count). The van der Waals surface area contributed by atoms with Crippen molar-refractivity contribution in [2.24, 2.45) is 5.92 Å². The summed E-state index contributed by atoms with van der Waals surface area (Å²) in [6.45, 7) is 0. The average Bonchev–Trinajstić information content (AvgIpc) is 2.84. The summed E-state index contributed by atoms with van der Waals surface area (Å²) in [5.41, 5.74) is 3.66. The van der Waals surface area contributed by atoms with E-state index in [0.717, 1.165) is 11.1 Å². The summed E-state index contributed by atoms with van der Waals surface area (Å²) < 4.78 is 5.18. The van der Waals surface area contributed by atoms with Gasteiger partial charge in [0.25, 0.3) is 5.91 Å². The van der Waals surface area contributed by atoms with Crippen LogP contribution in [0.5, 0.6) is 0 Å². The van der Waals surface area contributed by atoms with Crippen LogP contribution < -0.4 is 5.32 Å². The van der Waals surface area contributed by atoms with Gasteiger partial charge in [-0.3, -0.25) is 9.59 Å². The second-order valence-electron chi connectivity index (χ2n) is 7.21. The predicted molar refractivity (Wildman–Crippen MR) is 117 cm³/mol. The van der Waals surface area contributed by atoms with E-state index >= 15 is 0 Å². The van der Waals surface area contributed by atoms with Crippen molar-refractivity contribution >= 4 is 23.0 Å². The standard InChI is InChI=1S/C26H20N2O3/c1-31-26(30)23-21(18-10-4-2-5-11-18)22(19-12-6-3-7-13-19)25(29)28-24(23)20-14-8-9-17(15-20)16-27/h2-15,23-24H,1H3,(H,28,29)/t23-,24+/m0/s1. The Labute approximate surface area is 180 Å². The van der Waals surface area contributed by atoms with Gasteiger partial charge in [-0.05, 0) is 34.4 Å². The molecule has 1 aliphatic rings. The highest BCUT2D eigenvalue weighted by Crippen LogP contribution is 2.43. The molecule has 3 aromatic rings. The van der Waals surface area contributed by atoms with Gasteiger partial charge in [0, 0.05) is 0 Å². The molecule has 0 unspecified atom stereocenters. The van der Waals surface area contributed by atoms with E-state index in [1.165, 1.54) is 7.11 Å². The van der Waals surface area contributed by atoms with Gasteiger partial charge < -0.3 is 10.1 Å². The van der Waals surface area contributed by atoms with Crippen molar-refractivity contribution in [3.63, 3.8) is 0 Å². The summed E-state index contributed by atoms with van der Waals surface area (Å²) >= 11 is 0. The van der Waals surface area contributed by atoms with Crippen LogP contribution in [0.2, 0.25) is 0 Å². The molecule has 31 heavy (non-hydrogen) atoms. The van der Waals surface area contributed by atoms with Crippen LogP contribution in [-0.2, 0) is 14.3 Å². The Hall–Kier alpha value is -4.17. The monoisotopic (exact) mass is 408 g/mol. The fraction of sp³-hybridized carbons (Fsp3) is 0.115. The molecule has 0 aromatic heterocycles. The number of hydrogen-bond acceptors (Lipinski definition) is 4. The first kappa shape index (κ1) is 20.1. The zero-order chi connectivity index (χ0) is 21.8. The molecule has 0 fully saturated rings. The Bertz CT molecular complexity index is 1190. The number of carbonyl (C=O) groups excluding carboxylic acids is 2. The summed E-state index contributed by atoms with van der Waals surface area (Å²) in [6, 6.07) is 27.0. The molecule has 2 atom stereocenters. The Balaban J connectivity index is 2.00. The number of amides is 1. The lowest BCUT2D eigenvalue weighted by molar-refractivity contribution is -0.144. The second-order valence-corrected chi connectivity index (χ2v) is 7.21. The van der Waals surface area contributed by atoms with E-state index < -0.39 is 17.9 Å². The second kappa shape index (κ2) is 8.68. The third-order valence-corrected chi connectivity index (χ3v) is 5.40. The third kappa shape index (κ3) is 3.84. The largest absolute Gasteiger partial charge is 0.468 e. The van der Waals surface area contributed by atoms with Crippen LogP contribution in [0.25, 0.3) is 11.1 Å². The van der Waals surface area contributed by atoms with E-state index in [-0.39, 0.29) is 5.91 Å². The number of nitriles is 1. The molecular weight excluding hydrogens is 388 g/mol. The van der Waals surface area contributed by atoms with Gasteiger partial charge in [-0.25, -0.2) is 0 Å². The third-order valence-electron chi connectivity index (χ3n) is 5.40. The van der Waals surface area contributed by atoms with Crippen LogP contribution in [-0.4, -0.2) is 19.0 Å². The molecule has 0 radical (unpaired) electrons. The zero-order valence-corrected chi connectivity index (χ0v) is 16.9. The number of nitrogens with zero attached hydrogens (tertiary/aromatic N) is 1. The van der Waals surface area contributed by atoms with Crippen molar-refractivity contribution in [3.8, 4) is 6.07 Å². The lowest BCUT2D eigenvalue weighted by Crippen LogP contribution is -2.43. The summed E-state index contributed by atoms with van der Waals surface area (Å²) in [4.78, 5) is 26.5. The number of methoxy groups -OCH3 is 1. The van der Waals surface area contributed by atoms with Gasteiger partial charge >= 0.3 is 5.97 Å². The van der Waals surface area contributed by atoms with Crippen molar-refractivity contribution < 1.29 is 14.3 Å². The SMILES string of the molecule is COC(=O)[C@H]1C(c2ccccc2)=C(c2ccccc2)C(=O)N[C@@H]1c1cccc(C#N)c1. The first-order chi connectivity index (χ1) is 15.1. The minimum absolute atomic E-state index is 0.280. The van der Waals surface area contributed by atoms with E-state index in [2.05, 4.69) is 11.4 Å². The van der Waals surface area contributed by atoms with Gasteiger partial charge in [0.1, 0.15) is 5.92 Å². The number of ether oxygens (including phenoxy) is 1. The Kier molecular flexibility index (Phi) is 5.63. The van der Waals surface area contributed by atoms with Crippen molar-refractivity contribution in [1.82, 2.24) is 5.32 Å². The van der Waals surface area contributed by atoms with Gasteiger partial charge in [-0.1, -0.05) is 72.8 Å². The van der Waals surface area contributed by atoms with Gasteiger partial charge in [0.2, 0.25) is 0 Å². The molecule has 0 spiro atoms. The van der Waals surface area contributed by atoms with Crippen LogP contribution in [0, 0.1) is 17.2 Å². The Morgan fingerprint density at radius 3 is 2.19 bits per heavy atom. The summed E-state index contributed by atoms with van der Waals surface area (Å²) in [6.07, 6.45) is 0. The van der Waals surface area contributed by atoms with Crippen molar-refractivity contribution in [3.05, 3.63) is 107 Å². The zero-order valence-electron chi connectivity index (χ0n) is 16.9. The van der Waals surface area contributed by atoms with E-state index in [4.69, 9.17) is 4.74 Å². The maximum absolute atomic E-state index is 13.4. The first-order valence-electron chi connectivity index (χ1n) is 9.87. The minimum atomic E-state index is -0.783. The van der Waals surface area contributed by atoms with Crippen LogP contribution in [0.15, 0.2) is 84.9 Å². The van der Waals surface area contributed by atoms with Gasteiger partial charge in [-0.2, -0.15) is 5.26 Å². The van der Waals surface area contributed by atoms with E-state index in [9.17, 15) is 14.9 Å². The molecule has 1 amide bonds. The van der Waals surface area contributed by atoms with E-state index in [1.54, 1.807) is 24.3 Å². The number of esters is 1. The predicted octanol–water partition coefficient (Wildman–Crippen LogP) is 4.13. The van der Waals surface area contributed by atoms with Gasteiger partial charge in [0.05, 0.1) is 30.4 Å². The number of rotatable bonds is 4. The van der Waals surface area contributed by atoms with Crippen molar-refractivity contribution in [2.75, 3.05) is 7.11 Å². The number of hydrogen-bond donors (Lipinski definition) is 1. The number of carbonyl (C=O) groups is 2. The highest BCUT2D eigenvalue weighted by molar-refractivity contribution is 6.30. The molecule has 0 saturated carbocycles. The van der Waals surface area contributed by atoms with E-state index in [0.29, 0.717) is 22.3 Å². The minimum Gasteiger partial charge on any atom is -0.468 e. The van der Waals surface area contributed by atoms with E-state index in [1.807, 2.05) is 60.7 Å². The molecule has 3 aromatic carbocycles. The van der Waals surface area contributed by atoms with Crippen LogP contribution >= 0.6 is 0 Å². The Morgan fingerprint density at radius 2 is 1.58 bits per heavy atom. The maximum Gasteiger partial charge on any atom is 0.315 e. The molecule has 1 aliphatic heterocycles. The number of nitrogens with one attached hydrogen (secondary N) is 1. The molecule has 0 bridgehead atoms. The fourth-order valence-corrected chi connectivity index (χ4v) is 4.03. The quantitative estimate of drug-likeness (QED) is 0.659. The highest BCUT2D eigenvalue weighted by Gasteiger charge is 2.42. The molecule has 0 aliphatic carbocycles. The summed E-state index contributed by atoms with van der Waals surface area (Å²) in [5.74, 6) is -1.52. The summed E-state index contributed by atoms with van der Waals surface area (Å²) in [7, 11) is 1.34. The lowest BCUT2D eigenvalue weighted by atomic mass is 9.76. The Morgan fingerprint density at radius 1 is 0.935 bits per heavy atom. The van der Waals surface area contributed by atoms with Crippen LogP contribution in [0.3, 0.4) is 0 Å². The molecule has 5 heteroatoms. The molecule has 1 heterocycles. The van der Waals surface area contributed by atoms with Gasteiger partial charge in [0.15, 0.2) is 0 Å². The van der Waals surface area contributed by atoms with Crippen molar-refractivity contribution in [1.29, 1.82) is 5.26 Å². The fourth-order valence-electron chi connectivity index (χ4n) is 4.03. The molecule has 5 nitrogen and oxygen atoms in total. The lowest BCUT2D eigenvalue weighted by Gasteiger charge is -2.35. The maximum atomic E-state index is 13.4.